The van der Waals surface area contributed by atoms with Crippen molar-refractivity contribution < 1.29 is 9.90 Å². The van der Waals surface area contributed by atoms with Crippen LogP contribution in [0.2, 0.25) is 0 Å². The van der Waals surface area contributed by atoms with E-state index < -0.39 is 11.9 Å². The maximum atomic E-state index is 11.5. The van der Waals surface area contributed by atoms with Crippen molar-refractivity contribution in [3.05, 3.63) is 71.3 Å². The zero-order valence-electron chi connectivity index (χ0n) is 11.8. The third kappa shape index (κ3) is 3.70. The Morgan fingerprint density at radius 1 is 1.05 bits per heavy atom. The molecule has 0 aliphatic rings. The maximum absolute atomic E-state index is 11.5. The molecule has 2 aromatic carbocycles. The quantitative estimate of drug-likeness (QED) is 0.858. The number of hydrogen-bond acceptors (Lipinski definition) is 1. The first kappa shape index (κ1) is 14.3. The van der Waals surface area contributed by atoms with E-state index in [4.69, 9.17) is 0 Å². The van der Waals surface area contributed by atoms with Crippen molar-refractivity contribution in [1.82, 2.24) is 0 Å². The molecule has 1 atom stereocenters. The Bertz CT molecular complexity index is 561. The van der Waals surface area contributed by atoms with Crippen molar-refractivity contribution in [3.63, 3.8) is 0 Å². The molecule has 1 unspecified atom stereocenters. The van der Waals surface area contributed by atoms with Gasteiger partial charge in [0.25, 0.3) is 0 Å². The first-order valence-corrected chi connectivity index (χ1v) is 7.06. The summed E-state index contributed by atoms with van der Waals surface area (Å²) in [6.07, 6.45) is 2.68. The van der Waals surface area contributed by atoms with Crippen LogP contribution < -0.4 is 0 Å². The summed E-state index contributed by atoms with van der Waals surface area (Å²) >= 11 is 0. The van der Waals surface area contributed by atoms with Crippen molar-refractivity contribution in [2.75, 3.05) is 0 Å². The standard InChI is InChI=1S/C18H20O2/c1-2-7-14-8-6-9-15(12-14)13-17(18(19)20)16-10-4-3-5-11-16/h3-6,8-12,17H,2,7,13H2,1H3,(H,19,20). The van der Waals surface area contributed by atoms with E-state index in [1.807, 2.05) is 42.5 Å². The van der Waals surface area contributed by atoms with Crippen LogP contribution >= 0.6 is 0 Å². The molecular formula is C18H20O2. The minimum Gasteiger partial charge on any atom is -0.481 e. The fourth-order valence-electron chi connectivity index (χ4n) is 2.47. The molecule has 0 saturated carbocycles. The second-order valence-corrected chi connectivity index (χ2v) is 5.08. The first-order valence-electron chi connectivity index (χ1n) is 7.06. The van der Waals surface area contributed by atoms with Crippen LogP contribution in [0.25, 0.3) is 0 Å². The van der Waals surface area contributed by atoms with E-state index >= 15 is 0 Å². The number of hydrogen-bond donors (Lipinski definition) is 1. The Morgan fingerprint density at radius 2 is 1.75 bits per heavy atom. The normalized spacial score (nSPS) is 12.1. The molecule has 0 heterocycles. The number of carboxylic acids is 1. The molecule has 20 heavy (non-hydrogen) atoms. The zero-order chi connectivity index (χ0) is 14.4. The lowest BCUT2D eigenvalue weighted by atomic mass is 9.91. The molecule has 2 rings (SSSR count). The van der Waals surface area contributed by atoms with Crippen molar-refractivity contribution in [1.29, 1.82) is 0 Å². The topological polar surface area (TPSA) is 37.3 Å². The van der Waals surface area contributed by atoms with Crippen molar-refractivity contribution in [2.45, 2.75) is 32.1 Å². The van der Waals surface area contributed by atoms with Gasteiger partial charge < -0.3 is 5.11 Å². The number of carbonyl (C=O) groups is 1. The summed E-state index contributed by atoms with van der Waals surface area (Å²) in [5.41, 5.74) is 3.23. The van der Waals surface area contributed by atoms with Gasteiger partial charge in [-0.2, -0.15) is 0 Å². The average molecular weight is 268 g/mol. The lowest BCUT2D eigenvalue weighted by Gasteiger charge is -2.13. The molecule has 0 aromatic heterocycles. The Balaban J connectivity index is 2.21. The van der Waals surface area contributed by atoms with Crippen LogP contribution in [-0.4, -0.2) is 11.1 Å². The van der Waals surface area contributed by atoms with E-state index in [0.29, 0.717) is 6.42 Å². The van der Waals surface area contributed by atoms with Crippen LogP contribution in [0.15, 0.2) is 54.6 Å². The molecule has 0 fully saturated rings. The summed E-state index contributed by atoms with van der Waals surface area (Å²) in [4.78, 5) is 11.5. The molecule has 1 N–H and O–H groups in total. The highest BCUT2D eigenvalue weighted by atomic mass is 16.4. The average Bonchev–Trinajstić information content (AvgIpc) is 2.46. The van der Waals surface area contributed by atoms with Gasteiger partial charge in [0.2, 0.25) is 0 Å². The molecule has 0 aliphatic carbocycles. The third-order valence-electron chi connectivity index (χ3n) is 3.47. The Kier molecular flexibility index (Phi) is 4.94. The number of benzene rings is 2. The minimum atomic E-state index is -0.767. The first-order chi connectivity index (χ1) is 9.70. The molecule has 0 saturated heterocycles. The summed E-state index contributed by atoms with van der Waals surface area (Å²) in [6.45, 7) is 2.15. The van der Waals surface area contributed by atoms with Gasteiger partial charge in [-0.1, -0.05) is 67.9 Å². The molecule has 2 nitrogen and oxygen atoms in total. The number of carboxylic acid groups (broad SMARTS) is 1. The molecular weight excluding hydrogens is 248 g/mol. The van der Waals surface area contributed by atoms with Crippen LogP contribution in [0.4, 0.5) is 0 Å². The van der Waals surface area contributed by atoms with Gasteiger partial charge in [0.1, 0.15) is 0 Å². The predicted octanol–water partition coefficient (Wildman–Crippen LogP) is 4.05. The van der Waals surface area contributed by atoms with Gasteiger partial charge in [-0.15, -0.1) is 0 Å². The van der Waals surface area contributed by atoms with E-state index in [-0.39, 0.29) is 0 Å². The fourth-order valence-corrected chi connectivity index (χ4v) is 2.47. The lowest BCUT2D eigenvalue weighted by Crippen LogP contribution is -2.14. The lowest BCUT2D eigenvalue weighted by molar-refractivity contribution is -0.138. The van der Waals surface area contributed by atoms with Gasteiger partial charge in [-0.05, 0) is 29.5 Å². The zero-order valence-corrected chi connectivity index (χ0v) is 11.8. The molecule has 2 aromatic rings. The smallest absolute Gasteiger partial charge is 0.311 e. The van der Waals surface area contributed by atoms with Gasteiger partial charge >= 0.3 is 5.97 Å². The molecule has 2 heteroatoms. The molecule has 0 radical (unpaired) electrons. The van der Waals surface area contributed by atoms with Crippen LogP contribution in [0.3, 0.4) is 0 Å². The molecule has 0 amide bonds. The molecule has 0 bridgehead atoms. The second-order valence-electron chi connectivity index (χ2n) is 5.08. The second kappa shape index (κ2) is 6.90. The monoisotopic (exact) mass is 268 g/mol. The van der Waals surface area contributed by atoms with Crippen molar-refractivity contribution in [2.24, 2.45) is 0 Å². The van der Waals surface area contributed by atoms with E-state index in [0.717, 1.165) is 24.0 Å². The van der Waals surface area contributed by atoms with Crippen molar-refractivity contribution >= 4 is 5.97 Å². The summed E-state index contributed by atoms with van der Waals surface area (Å²) in [5, 5.41) is 9.46. The van der Waals surface area contributed by atoms with Crippen LogP contribution in [0.5, 0.6) is 0 Å². The van der Waals surface area contributed by atoms with E-state index in [1.165, 1.54) is 5.56 Å². The van der Waals surface area contributed by atoms with Gasteiger partial charge in [0, 0.05) is 0 Å². The van der Waals surface area contributed by atoms with Gasteiger partial charge in [0.05, 0.1) is 5.92 Å². The highest BCUT2D eigenvalue weighted by Crippen LogP contribution is 2.22. The fraction of sp³-hybridized carbons (Fsp3) is 0.278. The van der Waals surface area contributed by atoms with Crippen LogP contribution in [-0.2, 0) is 17.6 Å². The summed E-state index contributed by atoms with van der Waals surface area (Å²) in [5.74, 6) is -1.25. The highest BCUT2D eigenvalue weighted by Gasteiger charge is 2.19. The van der Waals surface area contributed by atoms with Gasteiger partial charge in [0.15, 0.2) is 0 Å². The molecule has 0 aliphatic heterocycles. The van der Waals surface area contributed by atoms with E-state index in [2.05, 4.69) is 19.1 Å². The van der Waals surface area contributed by atoms with Gasteiger partial charge in [-0.3, -0.25) is 4.79 Å². The summed E-state index contributed by atoms with van der Waals surface area (Å²) < 4.78 is 0. The third-order valence-corrected chi connectivity index (χ3v) is 3.47. The number of aryl methyl sites for hydroxylation is 1. The largest absolute Gasteiger partial charge is 0.481 e. The summed E-state index contributed by atoms with van der Waals surface area (Å²) in [6, 6.07) is 17.7. The van der Waals surface area contributed by atoms with Crippen LogP contribution in [0, 0.1) is 0 Å². The van der Waals surface area contributed by atoms with E-state index in [9.17, 15) is 9.90 Å². The SMILES string of the molecule is CCCc1cccc(CC(C(=O)O)c2ccccc2)c1. The van der Waals surface area contributed by atoms with Gasteiger partial charge in [-0.25, -0.2) is 0 Å². The Morgan fingerprint density at radius 3 is 2.40 bits per heavy atom. The molecule has 0 spiro atoms. The minimum absolute atomic E-state index is 0.479. The maximum Gasteiger partial charge on any atom is 0.311 e. The number of aliphatic carboxylic acids is 1. The van der Waals surface area contributed by atoms with Crippen molar-refractivity contribution in [3.8, 4) is 0 Å². The Labute approximate surface area is 120 Å². The highest BCUT2D eigenvalue weighted by molar-refractivity contribution is 5.76. The van der Waals surface area contributed by atoms with E-state index in [1.54, 1.807) is 0 Å². The Hall–Kier alpha value is -2.09. The predicted molar refractivity (Wildman–Crippen MR) is 81.0 cm³/mol. The van der Waals surface area contributed by atoms with Crippen LogP contribution in [0.1, 0.15) is 36.0 Å². The number of rotatable bonds is 6. The summed E-state index contributed by atoms with van der Waals surface area (Å²) in [7, 11) is 0. The molecule has 104 valence electrons.